The van der Waals surface area contributed by atoms with E-state index < -0.39 is 0 Å². The van der Waals surface area contributed by atoms with E-state index in [0.29, 0.717) is 0 Å². The molecule has 0 bridgehead atoms. The molecular formula is C20H21N9S. The van der Waals surface area contributed by atoms with Crippen molar-refractivity contribution in [3.63, 3.8) is 0 Å². The maximum absolute atomic E-state index is 4.73. The molecule has 152 valence electrons. The van der Waals surface area contributed by atoms with Crippen LogP contribution in [0.25, 0.3) is 10.9 Å². The number of thioether (sulfide) groups is 1. The average molecular weight is 420 g/mol. The van der Waals surface area contributed by atoms with Gasteiger partial charge in [0, 0.05) is 55.7 Å². The number of rotatable bonds is 5. The van der Waals surface area contributed by atoms with Crippen molar-refractivity contribution >= 4 is 45.9 Å². The Morgan fingerprint density at radius 2 is 1.80 bits per heavy atom. The number of H-pyrrole nitrogens is 1. The van der Waals surface area contributed by atoms with Crippen LogP contribution in [-0.2, 0) is 0 Å². The Hall–Kier alpha value is -3.40. The molecule has 0 amide bonds. The van der Waals surface area contributed by atoms with Crippen LogP contribution in [0.4, 0.5) is 23.3 Å². The van der Waals surface area contributed by atoms with Crippen molar-refractivity contribution in [1.29, 1.82) is 0 Å². The molecule has 0 aliphatic carbocycles. The van der Waals surface area contributed by atoms with E-state index in [0.717, 1.165) is 65.5 Å². The van der Waals surface area contributed by atoms with Gasteiger partial charge in [-0.25, -0.2) is 19.9 Å². The van der Waals surface area contributed by atoms with Gasteiger partial charge in [-0.15, -0.1) is 0 Å². The summed E-state index contributed by atoms with van der Waals surface area (Å²) in [4.78, 5) is 22.6. The Labute approximate surface area is 178 Å². The molecule has 0 radical (unpaired) electrons. The van der Waals surface area contributed by atoms with Crippen molar-refractivity contribution < 1.29 is 0 Å². The first-order chi connectivity index (χ1) is 14.8. The van der Waals surface area contributed by atoms with Gasteiger partial charge in [0.15, 0.2) is 5.16 Å². The monoisotopic (exact) mass is 419 g/mol. The van der Waals surface area contributed by atoms with E-state index >= 15 is 0 Å². The standard InChI is InChI=1S/C20H21N9S/c1-30-20-25-17(24-15-3-4-16-14(11-15)13-23-27-16)12-18(26-20)28-7-9-29(10-8-28)19-21-5-2-6-22-19/h2-6,11-13H,7-10H2,1H3,(H,23,27)(H,24,25,26). The highest BCUT2D eigenvalue weighted by atomic mass is 32.2. The molecule has 9 nitrogen and oxygen atoms in total. The molecule has 2 N–H and O–H groups in total. The molecule has 4 aromatic rings. The SMILES string of the molecule is CSc1nc(Nc2ccc3[nH]ncc3c2)cc(N2CCN(c3ncccn3)CC2)n1. The molecule has 0 spiro atoms. The number of fused-ring (bicyclic) bond motifs is 1. The summed E-state index contributed by atoms with van der Waals surface area (Å²) in [5.41, 5.74) is 1.97. The first-order valence-corrected chi connectivity index (χ1v) is 10.9. The molecule has 30 heavy (non-hydrogen) atoms. The molecule has 5 rings (SSSR count). The Bertz CT molecular complexity index is 1140. The number of anilines is 4. The molecule has 1 aromatic carbocycles. The Morgan fingerprint density at radius 3 is 2.60 bits per heavy atom. The lowest BCUT2D eigenvalue weighted by atomic mass is 10.2. The van der Waals surface area contributed by atoms with Gasteiger partial charge in [-0.2, -0.15) is 5.10 Å². The van der Waals surface area contributed by atoms with Crippen LogP contribution >= 0.6 is 11.8 Å². The van der Waals surface area contributed by atoms with Crippen molar-refractivity contribution in [3.05, 3.63) is 48.9 Å². The van der Waals surface area contributed by atoms with Crippen LogP contribution < -0.4 is 15.1 Å². The molecular weight excluding hydrogens is 398 g/mol. The molecule has 3 aromatic heterocycles. The summed E-state index contributed by atoms with van der Waals surface area (Å²) < 4.78 is 0. The highest BCUT2D eigenvalue weighted by molar-refractivity contribution is 7.98. The topological polar surface area (TPSA) is 98.8 Å². The van der Waals surface area contributed by atoms with Gasteiger partial charge in [0.2, 0.25) is 5.95 Å². The Balaban J connectivity index is 1.34. The summed E-state index contributed by atoms with van der Waals surface area (Å²) in [5.74, 6) is 2.48. The van der Waals surface area contributed by atoms with Crippen LogP contribution in [0.5, 0.6) is 0 Å². The highest BCUT2D eigenvalue weighted by Gasteiger charge is 2.21. The van der Waals surface area contributed by atoms with Crippen LogP contribution in [0.3, 0.4) is 0 Å². The zero-order chi connectivity index (χ0) is 20.3. The average Bonchev–Trinajstić information content (AvgIpc) is 3.27. The van der Waals surface area contributed by atoms with E-state index in [1.54, 1.807) is 12.4 Å². The maximum Gasteiger partial charge on any atom is 0.225 e. The lowest BCUT2D eigenvalue weighted by molar-refractivity contribution is 0.631. The first kappa shape index (κ1) is 18.6. The minimum Gasteiger partial charge on any atom is -0.353 e. The van der Waals surface area contributed by atoms with Gasteiger partial charge >= 0.3 is 0 Å². The number of hydrogen-bond donors (Lipinski definition) is 2. The number of hydrogen-bond acceptors (Lipinski definition) is 9. The predicted molar refractivity (Wildman–Crippen MR) is 120 cm³/mol. The second-order valence-electron chi connectivity index (χ2n) is 6.92. The first-order valence-electron chi connectivity index (χ1n) is 9.69. The van der Waals surface area contributed by atoms with Crippen LogP contribution in [0, 0.1) is 0 Å². The summed E-state index contributed by atoms with van der Waals surface area (Å²) in [6.07, 6.45) is 7.37. The maximum atomic E-state index is 4.73. The zero-order valence-corrected chi connectivity index (χ0v) is 17.3. The van der Waals surface area contributed by atoms with E-state index in [2.05, 4.69) is 46.3 Å². The second-order valence-corrected chi connectivity index (χ2v) is 7.69. The Kier molecular flexibility index (Phi) is 5.06. The van der Waals surface area contributed by atoms with Crippen molar-refractivity contribution in [2.24, 2.45) is 0 Å². The van der Waals surface area contributed by atoms with Crippen LogP contribution in [-0.4, -0.2) is 62.6 Å². The molecule has 1 saturated heterocycles. The van der Waals surface area contributed by atoms with Gasteiger partial charge in [0.05, 0.1) is 11.7 Å². The molecule has 0 saturated carbocycles. The minimum absolute atomic E-state index is 0.744. The summed E-state index contributed by atoms with van der Waals surface area (Å²) in [6.45, 7) is 3.40. The van der Waals surface area contributed by atoms with Crippen LogP contribution in [0.2, 0.25) is 0 Å². The van der Waals surface area contributed by atoms with Gasteiger partial charge in [-0.1, -0.05) is 11.8 Å². The molecule has 4 heterocycles. The summed E-state index contributed by atoms with van der Waals surface area (Å²) >= 11 is 1.54. The largest absolute Gasteiger partial charge is 0.353 e. The van der Waals surface area contributed by atoms with E-state index in [1.165, 1.54) is 11.8 Å². The normalized spacial score (nSPS) is 14.3. The fraction of sp³-hybridized carbons (Fsp3) is 0.250. The van der Waals surface area contributed by atoms with Crippen molar-refractivity contribution in [1.82, 2.24) is 30.1 Å². The van der Waals surface area contributed by atoms with E-state index in [1.807, 2.05) is 36.7 Å². The van der Waals surface area contributed by atoms with Crippen molar-refractivity contribution in [2.75, 3.05) is 47.6 Å². The van der Waals surface area contributed by atoms with Gasteiger partial charge in [0.25, 0.3) is 0 Å². The number of aromatic nitrogens is 6. The lowest BCUT2D eigenvalue weighted by Gasteiger charge is -2.35. The number of benzene rings is 1. The second kappa shape index (κ2) is 8.15. The minimum atomic E-state index is 0.744. The summed E-state index contributed by atoms with van der Waals surface area (Å²) in [7, 11) is 0. The molecule has 1 aliphatic heterocycles. The highest BCUT2D eigenvalue weighted by Crippen LogP contribution is 2.25. The van der Waals surface area contributed by atoms with E-state index in [4.69, 9.17) is 4.98 Å². The van der Waals surface area contributed by atoms with E-state index in [-0.39, 0.29) is 0 Å². The van der Waals surface area contributed by atoms with Gasteiger partial charge in [0.1, 0.15) is 11.6 Å². The molecule has 0 atom stereocenters. The third-order valence-electron chi connectivity index (χ3n) is 5.03. The number of nitrogens with one attached hydrogen (secondary N) is 2. The fourth-order valence-corrected chi connectivity index (χ4v) is 3.86. The van der Waals surface area contributed by atoms with Gasteiger partial charge in [-0.05, 0) is 30.5 Å². The van der Waals surface area contributed by atoms with Crippen LogP contribution in [0.1, 0.15) is 0 Å². The number of aromatic amines is 1. The smallest absolute Gasteiger partial charge is 0.225 e. The molecule has 1 aliphatic rings. The lowest BCUT2D eigenvalue weighted by Crippen LogP contribution is -2.47. The summed E-state index contributed by atoms with van der Waals surface area (Å²) in [6, 6.07) is 9.92. The third kappa shape index (κ3) is 3.86. The molecule has 1 fully saturated rings. The molecule has 10 heteroatoms. The van der Waals surface area contributed by atoms with E-state index in [9.17, 15) is 0 Å². The van der Waals surface area contributed by atoms with Gasteiger partial charge < -0.3 is 15.1 Å². The number of piperazine rings is 1. The van der Waals surface area contributed by atoms with Crippen molar-refractivity contribution in [3.8, 4) is 0 Å². The number of nitrogens with zero attached hydrogens (tertiary/aromatic N) is 7. The zero-order valence-electron chi connectivity index (χ0n) is 16.5. The molecule has 0 unspecified atom stereocenters. The summed E-state index contributed by atoms with van der Waals surface area (Å²) in [5, 5.41) is 12.3. The van der Waals surface area contributed by atoms with Gasteiger partial charge in [-0.3, -0.25) is 5.10 Å². The fourth-order valence-electron chi connectivity index (χ4n) is 3.49. The quantitative estimate of drug-likeness (QED) is 0.374. The van der Waals surface area contributed by atoms with Crippen LogP contribution in [0.15, 0.2) is 54.1 Å². The Morgan fingerprint density at radius 1 is 1.00 bits per heavy atom. The van der Waals surface area contributed by atoms with Crippen molar-refractivity contribution in [2.45, 2.75) is 5.16 Å². The predicted octanol–water partition coefficient (Wildman–Crippen LogP) is 2.94. The third-order valence-corrected chi connectivity index (χ3v) is 5.57.